The molecule has 1 heterocycles. The molecular weight excluding hydrogens is 463 g/mol. The van der Waals surface area contributed by atoms with Gasteiger partial charge in [0.1, 0.15) is 12.0 Å². The quantitative estimate of drug-likeness (QED) is 0.464. The third-order valence-electron chi connectivity index (χ3n) is 5.23. The Morgan fingerprint density at radius 2 is 1.88 bits per heavy atom. The Labute approximate surface area is 201 Å². The first-order valence-electron chi connectivity index (χ1n) is 10.5. The molecule has 0 saturated carbocycles. The van der Waals surface area contributed by atoms with E-state index in [9.17, 15) is 14.0 Å². The number of carbonyl (C=O) groups excluding carboxylic acids is 2. The van der Waals surface area contributed by atoms with Gasteiger partial charge in [0, 0.05) is 28.0 Å². The number of para-hydroxylation sites is 1. The summed E-state index contributed by atoms with van der Waals surface area (Å²) in [5, 5.41) is 3.68. The Morgan fingerprint density at radius 1 is 1.15 bits per heavy atom. The summed E-state index contributed by atoms with van der Waals surface area (Å²) in [4.78, 5) is 27.1. The van der Waals surface area contributed by atoms with Crippen molar-refractivity contribution in [2.24, 2.45) is 0 Å². The van der Waals surface area contributed by atoms with Crippen LogP contribution in [0.1, 0.15) is 29.0 Å². The van der Waals surface area contributed by atoms with Crippen LogP contribution in [0.5, 0.6) is 11.5 Å². The normalized spacial score (nSPS) is 14.8. The number of halogens is 2. The van der Waals surface area contributed by atoms with Crippen molar-refractivity contribution in [1.29, 1.82) is 0 Å². The molecule has 1 aliphatic heterocycles. The van der Waals surface area contributed by atoms with Crippen LogP contribution in [0.3, 0.4) is 0 Å². The molecule has 0 fully saturated rings. The highest BCUT2D eigenvalue weighted by molar-refractivity contribution is 6.31. The lowest BCUT2D eigenvalue weighted by molar-refractivity contribution is -0.145. The van der Waals surface area contributed by atoms with Gasteiger partial charge in [0.05, 0.1) is 19.3 Å². The average Bonchev–Trinajstić information content (AvgIpc) is 2.83. The molecule has 1 aliphatic rings. The third-order valence-corrected chi connectivity index (χ3v) is 5.45. The fourth-order valence-corrected chi connectivity index (χ4v) is 3.99. The van der Waals surface area contributed by atoms with Crippen LogP contribution in [0.15, 0.2) is 60.7 Å². The molecule has 7 nitrogen and oxygen atoms in total. The fourth-order valence-electron chi connectivity index (χ4n) is 3.77. The van der Waals surface area contributed by atoms with Gasteiger partial charge in [0.15, 0.2) is 18.1 Å². The minimum atomic E-state index is -0.808. The van der Waals surface area contributed by atoms with E-state index in [1.165, 1.54) is 36.3 Å². The summed E-state index contributed by atoms with van der Waals surface area (Å²) in [7, 11) is 1.44. The Kier molecular flexibility index (Phi) is 6.88. The molecule has 1 N–H and O–H groups in total. The molecule has 3 aromatic rings. The van der Waals surface area contributed by atoms with E-state index in [2.05, 4.69) is 5.32 Å². The number of benzene rings is 3. The lowest BCUT2D eigenvalue weighted by Crippen LogP contribution is -2.43. The van der Waals surface area contributed by atoms with Crippen molar-refractivity contribution in [3.63, 3.8) is 0 Å². The van der Waals surface area contributed by atoms with Crippen molar-refractivity contribution in [1.82, 2.24) is 0 Å². The second-order valence-electron chi connectivity index (χ2n) is 7.36. The van der Waals surface area contributed by atoms with Gasteiger partial charge in [0.2, 0.25) is 0 Å². The highest BCUT2D eigenvalue weighted by Crippen LogP contribution is 2.44. The minimum Gasteiger partial charge on any atom is -0.493 e. The van der Waals surface area contributed by atoms with Gasteiger partial charge in [-0.15, -0.1) is 0 Å². The zero-order chi connectivity index (χ0) is 24.2. The monoisotopic (exact) mass is 484 g/mol. The number of hydrogen-bond donors (Lipinski definition) is 1. The molecule has 34 heavy (non-hydrogen) atoms. The largest absolute Gasteiger partial charge is 0.493 e. The van der Waals surface area contributed by atoms with E-state index < -0.39 is 18.0 Å². The number of fused-ring (bicyclic) bond motifs is 1. The van der Waals surface area contributed by atoms with Crippen LogP contribution in [0.2, 0.25) is 5.02 Å². The molecule has 0 radical (unpaired) electrons. The first kappa shape index (κ1) is 23.4. The van der Waals surface area contributed by atoms with Gasteiger partial charge < -0.3 is 19.5 Å². The SMILES string of the molecule is CCOC(=O)COc1c(OC)cc(Cl)cc1[C@@H]1Nc2ccccc2C(=O)N1c1ccc(F)cc1. The van der Waals surface area contributed by atoms with Crippen molar-refractivity contribution >= 4 is 34.9 Å². The molecule has 176 valence electrons. The van der Waals surface area contributed by atoms with Gasteiger partial charge in [-0.25, -0.2) is 9.18 Å². The van der Waals surface area contributed by atoms with Gasteiger partial charge >= 0.3 is 5.97 Å². The van der Waals surface area contributed by atoms with E-state index in [4.69, 9.17) is 25.8 Å². The molecule has 0 bridgehead atoms. The van der Waals surface area contributed by atoms with Crippen molar-refractivity contribution < 1.29 is 28.2 Å². The second-order valence-corrected chi connectivity index (χ2v) is 7.80. The first-order chi connectivity index (χ1) is 16.4. The number of nitrogens with one attached hydrogen (secondary N) is 1. The van der Waals surface area contributed by atoms with E-state index in [0.717, 1.165) is 0 Å². The average molecular weight is 485 g/mol. The van der Waals surface area contributed by atoms with Gasteiger partial charge in [-0.3, -0.25) is 9.69 Å². The molecular formula is C25H22ClFN2O5. The molecule has 9 heteroatoms. The number of methoxy groups -OCH3 is 1. The Balaban J connectivity index is 1.86. The van der Waals surface area contributed by atoms with Gasteiger partial charge in [0.25, 0.3) is 5.91 Å². The first-order valence-corrected chi connectivity index (χ1v) is 10.9. The van der Waals surface area contributed by atoms with Crippen LogP contribution in [0.25, 0.3) is 0 Å². The molecule has 0 aromatic heterocycles. The van der Waals surface area contributed by atoms with Gasteiger partial charge in [-0.05, 0) is 49.4 Å². The number of esters is 1. The van der Waals surface area contributed by atoms with E-state index >= 15 is 0 Å². The molecule has 1 atom stereocenters. The van der Waals surface area contributed by atoms with Crippen molar-refractivity contribution in [3.05, 3.63) is 82.6 Å². The summed E-state index contributed by atoms with van der Waals surface area (Å²) in [6.07, 6.45) is -0.808. The van der Waals surface area contributed by atoms with Crippen molar-refractivity contribution in [2.75, 3.05) is 30.5 Å². The second kappa shape index (κ2) is 10.0. The summed E-state index contributed by atoms with van der Waals surface area (Å²) in [5.41, 5.74) is 1.95. The number of carbonyl (C=O) groups is 2. The van der Waals surface area contributed by atoms with E-state index in [-0.39, 0.29) is 30.6 Å². The maximum absolute atomic E-state index is 13.6. The van der Waals surface area contributed by atoms with Crippen LogP contribution >= 0.6 is 11.6 Å². The lowest BCUT2D eigenvalue weighted by Gasteiger charge is -2.38. The predicted molar refractivity (Wildman–Crippen MR) is 126 cm³/mol. The van der Waals surface area contributed by atoms with Crippen LogP contribution < -0.4 is 19.7 Å². The predicted octanol–water partition coefficient (Wildman–Crippen LogP) is 5.20. The zero-order valence-electron chi connectivity index (χ0n) is 18.5. The summed E-state index contributed by atoms with van der Waals surface area (Å²) >= 11 is 6.38. The maximum Gasteiger partial charge on any atom is 0.344 e. The molecule has 1 amide bonds. The number of amides is 1. The highest BCUT2D eigenvalue weighted by atomic mass is 35.5. The standard InChI is InChI=1S/C25H22ClFN2O5/c1-3-33-22(30)14-34-23-19(12-15(26)13-21(23)32-2)24-28-20-7-5-4-6-18(20)25(31)29(24)17-10-8-16(27)9-11-17/h4-13,24,28H,3,14H2,1-2H3/t24-/m1/s1. The minimum absolute atomic E-state index is 0.209. The Bertz CT molecular complexity index is 1220. The van der Waals surface area contributed by atoms with Crippen LogP contribution in [-0.4, -0.2) is 32.2 Å². The molecule has 0 aliphatic carbocycles. The van der Waals surface area contributed by atoms with E-state index in [0.29, 0.717) is 27.5 Å². The molecule has 4 rings (SSSR count). The zero-order valence-corrected chi connectivity index (χ0v) is 19.3. The Hall–Kier alpha value is -3.78. The van der Waals surface area contributed by atoms with Crippen LogP contribution in [0.4, 0.5) is 15.8 Å². The number of hydrogen-bond acceptors (Lipinski definition) is 6. The van der Waals surface area contributed by atoms with Crippen LogP contribution in [-0.2, 0) is 9.53 Å². The number of nitrogens with zero attached hydrogens (tertiary/aromatic N) is 1. The third kappa shape index (κ3) is 4.63. The van der Waals surface area contributed by atoms with Crippen molar-refractivity contribution in [2.45, 2.75) is 13.1 Å². The molecule has 0 spiro atoms. The van der Waals surface area contributed by atoms with Crippen molar-refractivity contribution in [3.8, 4) is 11.5 Å². The summed E-state index contributed by atoms with van der Waals surface area (Å²) in [6.45, 7) is 1.54. The molecule has 3 aromatic carbocycles. The summed E-state index contributed by atoms with van der Waals surface area (Å²) in [6, 6.07) is 15.8. The number of anilines is 2. The van der Waals surface area contributed by atoms with Crippen LogP contribution in [0, 0.1) is 5.82 Å². The molecule has 0 unspecified atom stereocenters. The van der Waals surface area contributed by atoms with Gasteiger partial charge in [-0.2, -0.15) is 0 Å². The topological polar surface area (TPSA) is 77.1 Å². The maximum atomic E-state index is 13.6. The highest BCUT2D eigenvalue weighted by Gasteiger charge is 2.36. The number of rotatable bonds is 7. The lowest BCUT2D eigenvalue weighted by atomic mass is 10.0. The summed E-state index contributed by atoms with van der Waals surface area (Å²) in [5.74, 6) is -0.795. The smallest absolute Gasteiger partial charge is 0.344 e. The number of ether oxygens (including phenoxy) is 3. The van der Waals surface area contributed by atoms with Gasteiger partial charge in [-0.1, -0.05) is 23.7 Å². The molecule has 0 saturated heterocycles. The van der Waals surface area contributed by atoms with E-state index in [1.807, 2.05) is 0 Å². The summed E-state index contributed by atoms with van der Waals surface area (Å²) < 4.78 is 29.9. The fraction of sp³-hybridized carbons (Fsp3) is 0.200. The van der Waals surface area contributed by atoms with E-state index in [1.54, 1.807) is 43.3 Å². The Morgan fingerprint density at radius 3 is 2.59 bits per heavy atom.